The smallest absolute Gasteiger partial charge is 0.339 e. The van der Waals surface area contributed by atoms with Crippen molar-refractivity contribution in [2.45, 2.75) is 26.1 Å². The van der Waals surface area contributed by atoms with Crippen molar-refractivity contribution in [2.24, 2.45) is 0 Å². The van der Waals surface area contributed by atoms with E-state index in [0.29, 0.717) is 18.7 Å². The van der Waals surface area contributed by atoms with Crippen LogP contribution in [0.15, 0.2) is 54.6 Å². The highest BCUT2D eigenvalue weighted by Gasteiger charge is 2.31. The predicted octanol–water partition coefficient (Wildman–Crippen LogP) is 1.63. The lowest BCUT2D eigenvalue weighted by Gasteiger charge is -2.35. The van der Waals surface area contributed by atoms with E-state index in [9.17, 15) is 19.2 Å². The Bertz CT molecular complexity index is 1050. The first-order chi connectivity index (χ1) is 16.4. The maximum absolute atomic E-state index is 12.9. The number of nitrogens with one attached hydrogen (secondary N) is 1. The summed E-state index contributed by atoms with van der Waals surface area (Å²) in [6, 6.07) is 16.3. The Morgan fingerprint density at radius 3 is 2.29 bits per heavy atom. The summed E-state index contributed by atoms with van der Waals surface area (Å²) >= 11 is 0. The van der Waals surface area contributed by atoms with E-state index in [0.717, 1.165) is 24.5 Å². The zero-order valence-electron chi connectivity index (χ0n) is 19.1. The summed E-state index contributed by atoms with van der Waals surface area (Å²) in [4.78, 5) is 54.6. The van der Waals surface area contributed by atoms with E-state index in [1.165, 1.54) is 5.56 Å². The third kappa shape index (κ3) is 5.43. The number of carbonyl (C=O) groups excluding carboxylic acids is 4. The number of imide groups is 1. The maximum atomic E-state index is 12.9. The van der Waals surface area contributed by atoms with Crippen molar-refractivity contribution in [1.29, 1.82) is 0 Å². The van der Waals surface area contributed by atoms with E-state index in [-0.39, 0.29) is 30.5 Å². The summed E-state index contributed by atoms with van der Waals surface area (Å²) in [5, 5.41) is 2.46. The molecular weight excluding hydrogens is 436 g/mol. The molecule has 0 aliphatic carbocycles. The Kier molecular flexibility index (Phi) is 7.22. The number of hydrogen-bond donors (Lipinski definition) is 1. The minimum Gasteiger partial charge on any atom is -0.449 e. The summed E-state index contributed by atoms with van der Waals surface area (Å²) in [6.07, 6.45) is -0.946. The molecule has 0 saturated carbocycles. The summed E-state index contributed by atoms with van der Waals surface area (Å²) < 4.78 is 5.48. The topological polar surface area (TPSA) is 99.3 Å². The molecule has 2 aromatic carbocycles. The van der Waals surface area contributed by atoms with Gasteiger partial charge < -0.3 is 15.0 Å². The minimum atomic E-state index is -0.946. The highest BCUT2D eigenvalue weighted by Crippen LogP contribution is 2.17. The second-order valence-electron chi connectivity index (χ2n) is 8.43. The van der Waals surface area contributed by atoms with Crippen molar-refractivity contribution < 1.29 is 23.9 Å². The van der Waals surface area contributed by atoms with Gasteiger partial charge >= 0.3 is 12.0 Å². The number of amides is 4. The van der Waals surface area contributed by atoms with Gasteiger partial charge in [-0.05, 0) is 24.1 Å². The largest absolute Gasteiger partial charge is 0.449 e. The molecule has 4 amide bonds. The molecule has 0 bridgehead atoms. The molecule has 4 rings (SSSR count). The molecule has 2 aromatic rings. The molecule has 9 heteroatoms. The average molecular weight is 465 g/mol. The minimum absolute atomic E-state index is 0.0400. The van der Waals surface area contributed by atoms with Crippen molar-refractivity contribution in [3.05, 3.63) is 71.3 Å². The molecule has 34 heavy (non-hydrogen) atoms. The molecule has 2 aliphatic rings. The molecule has 0 aromatic heterocycles. The van der Waals surface area contributed by atoms with Crippen LogP contribution in [0.4, 0.5) is 4.79 Å². The van der Waals surface area contributed by atoms with Crippen LogP contribution in [0.2, 0.25) is 0 Å². The number of carbonyl (C=O) groups is 4. The highest BCUT2D eigenvalue weighted by molar-refractivity contribution is 6.02. The average Bonchev–Trinajstić information content (AvgIpc) is 3.17. The number of hydrogen-bond acceptors (Lipinski definition) is 6. The SMILES string of the molecule is C[C@@H](OC(=O)c1ccccc1CN1C(=O)CNC1=O)C(=O)N1CCN(Cc2ccccc2)CC1. The van der Waals surface area contributed by atoms with Crippen LogP contribution < -0.4 is 5.32 Å². The van der Waals surface area contributed by atoms with Gasteiger partial charge in [-0.3, -0.25) is 19.4 Å². The van der Waals surface area contributed by atoms with Gasteiger partial charge in [-0.15, -0.1) is 0 Å². The van der Waals surface area contributed by atoms with Gasteiger partial charge in [-0.2, -0.15) is 0 Å². The number of ether oxygens (including phenoxy) is 1. The first-order valence-corrected chi connectivity index (χ1v) is 11.3. The van der Waals surface area contributed by atoms with Gasteiger partial charge in [-0.1, -0.05) is 48.5 Å². The molecular formula is C25H28N4O5. The second kappa shape index (κ2) is 10.5. The molecule has 1 N–H and O–H groups in total. The van der Waals surface area contributed by atoms with Gasteiger partial charge in [0.05, 0.1) is 18.7 Å². The van der Waals surface area contributed by atoms with E-state index in [4.69, 9.17) is 4.74 Å². The van der Waals surface area contributed by atoms with Gasteiger partial charge in [0.15, 0.2) is 6.10 Å². The lowest BCUT2D eigenvalue weighted by Crippen LogP contribution is -2.51. The van der Waals surface area contributed by atoms with Crippen molar-refractivity contribution >= 4 is 23.8 Å². The molecule has 0 spiro atoms. The molecule has 2 saturated heterocycles. The second-order valence-corrected chi connectivity index (χ2v) is 8.43. The number of urea groups is 1. The zero-order valence-corrected chi connectivity index (χ0v) is 19.1. The standard InChI is InChI=1S/C25H28N4O5/c1-18(23(31)28-13-11-27(12-14-28)16-19-7-3-2-4-8-19)34-24(32)21-10-6-5-9-20(21)17-29-22(30)15-26-25(29)33/h2-10,18H,11-17H2,1H3,(H,26,33)/t18-/m1/s1. The van der Waals surface area contributed by atoms with Crippen molar-refractivity contribution in [1.82, 2.24) is 20.0 Å². The third-order valence-corrected chi connectivity index (χ3v) is 6.07. The Hall–Kier alpha value is -3.72. The van der Waals surface area contributed by atoms with E-state index in [1.54, 1.807) is 36.1 Å². The Labute approximate surface area is 198 Å². The number of benzene rings is 2. The van der Waals surface area contributed by atoms with Crippen LogP contribution >= 0.6 is 0 Å². The van der Waals surface area contributed by atoms with Gasteiger partial charge in [0.25, 0.3) is 5.91 Å². The predicted molar refractivity (Wildman–Crippen MR) is 124 cm³/mol. The number of piperazine rings is 1. The molecule has 2 fully saturated rings. The van der Waals surface area contributed by atoms with Crippen LogP contribution in [0.25, 0.3) is 0 Å². The summed E-state index contributed by atoms with van der Waals surface area (Å²) in [5.74, 6) is -1.26. The van der Waals surface area contributed by atoms with Gasteiger partial charge in [0.1, 0.15) is 0 Å². The maximum Gasteiger partial charge on any atom is 0.339 e. The highest BCUT2D eigenvalue weighted by atomic mass is 16.5. The van der Waals surface area contributed by atoms with E-state index < -0.39 is 18.1 Å². The van der Waals surface area contributed by atoms with Crippen LogP contribution in [0.5, 0.6) is 0 Å². The van der Waals surface area contributed by atoms with Crippen LogP contribution in [0.1, 0.15) is 28.4 Å². The van der Waals surface area contributed by atoms with Gasteiger partial charge in [0.2, 0.25) is 5.91 Å². The Morgan fingerprint density at radius 2 is 1.62 bits per heavy atom. The van der Waals surface area contributed by atoms with Crippen molar-refractivity contribution in [3.8, 4) is 0 Å². The Morgan fingerprint density at radius 1 is 0.941 bits per heavy atom. The zero-order chi connectivity index (χ0) is 24.1. The normalized spacial score (nSPS) is 17.4. The van der Waals surface area contributed by atoms with Gasteiger partial charge in [-0.25, -0.2) is 9.59 Å². The number of rotatable bonds is 7. The molecule has 2 aliphatic heterocycles. The van der Waals surface area contributed by atoms with E-state index in [1.807, 2.05) is 18.2 Å². The van der Waals surface area contributed by atoms with E-state index >= 15 is 0 Å². The third-order valence-electron chi connectivity index (χ3n) is 6.07. The van der Waals surface area contributed by atoms with Crippen molar-refractivity contribution in [2.75, 3.05) is 32.7 Å². The molecule has 178 valence electrons. The van der Waals surface area contributed by atoms with Crippen LogP contribution in [-0.2, 0) is 27.4 Å². The summed E-state index contributed by atoms with van der Waals surface area (Å²) in [7, 11) is 0. The quantitative estimate of drug-likeness (QED) is 0.494. The van der Waals surface area contributed by atoms with Gasteiger partial charge in [0, 0.05) is 32.7 Å². The molecule has 0 radical (unpaired) electrons. The fraction of sp³-hybridized carbons (Fsp3) is 0.360. The van der Waals surface area contributed by atoms with Crippen LogP contribution in [0.3, 0.4) is 0 Å². The van der Waals surface area contributed by atoms with Crippen molar-refractivity contribution in [3.63, 3.8) is 0 Å². The Balaban J connectivity index is 1.32. The van der Waals surface area contributed by atoms with E-state index in [2.05, 4.69) is 22.3 Å². The first-order valence-electron chi connectivity index (χ1n) is 11.3. The summed E-state index contributed by atoms with van der Waals surface area (Å²) in [5.41, 5.74) is 1.94. The number of esters is 1. The fourth-order valence-corrected chi connectivity index (χ4v) is 4.14. The lowest BCUT2D eigenvalue weighted by atomic mass is 10.1. The fourth-order valence-electron chi connectivity index (χ4n) is 4.14. The summed E-state index contributed by atoms with van der Waals surface area (Å²) in [6.45, 7) is 4.92. The molecule has 0 unspecified atom stereocenters. The lowest BCUT2D eigenvalue weighted by molar-refractivity contribution is -0.141. The first kappa shape index (κ1) is 23.4. The molecule has 2 heterocycles. The van der Waals surface area contributed by atoms with Crippen LogP contribution in [-0.4, -0.2) is 77.3 Å². The molecule has 9 nitrogen and oxygen atoms in total. The molecule has 1 atom stereocenters. The monoisotopic (exact) mass is 464 g/mol. The number of nitrogens with zero attached hydrogens (tertiary/aromatic N) is 3. The van der Waals surface area contributed by atoms with Crippen LogP contribution in [0, 0.1) is 0 Å².